The molecule has 0 unspecified atom stereocenters. The third kappa shape index (κ3) is 3.07. The van der Waals surface area contributed by atoms with Gasteiger partial charge in [0.25, 0.3) is 5.91 Å². The van der Waals surface area contributed by atoms with Crippen molar-refractivity contribution in [2.75, 3.05) is 27.3 Å². The second-order valence-corrected chi connectivity index (χ2v) is 6.00. The number of nitrogens with zero attached hydrogens (tertiary/aromatic N) is 5. The molecule has 9 nitrogen and oxygen atoms in total. The van der Waals surface area contributed by atoms with Gasteiger partial charge in [0.1, 0.15) is 5.69 Å². The Morgan fingerprint density at radius 1 is 1.22 bits per heavy atom. The molecule has 1 fully saturated rings. The van der Waals surface area contributed by atoms with Crippen LogP contribution in [0.4, 0.5) is 0 Å². The molecule has 9 heteroatoms. The maximum absolute atomic E-state index is 12.8. The largest absolute Gasteiger partial charge is 0.493 e. The lowest BCUT2D eigenvalue weighted by Gasteiger charge is -2.37. The Bertz CT molecular complexity index is 953. The van der Waals surface area contributed by atoms with Crippen molar-refractivity contribution >= 4 is 5.91 Å². The van der Waals surface area contributed by atoms with Gasteiger partial charge in [0, 0.05) is 25.5 Å². The minimum atomic E-state index is -0.129. The summed E-state index contributed by atoms with van der Waals surface area (Å²) in [6.45, 7) is 0.975. The number of ether oxygens (including phenoxy) is 2. The molecule has 0 aliphatic carbocycles. The first-order valence-electron chi connectivity index (χ1n) is 8.31. The molecule has 1 aromatic carbocycles. The number of hydrogen-bond acceptors (Lipinski definition) is 8. The summed E-state index contributed by atoms with van der Waals surface area (Å²) in [5, 5.41) is 3.94. The molecule has 1 saturated heterocycles. The Labute approximate surface area is 155 Å². The molecule has 27 heavy (non-hydrogen) atoms. The molecule has 4 rings (SSSR count). The molecule has 3 heterocycles. The summed E-state index contributed by atoms with van der Waals surface area (Å²) in [4.78, 5) is 27.0. The normalized spacial score (nSPS) is 13.9. The molecule has 1 aliphatic heterocycles. The molecule has 2 aromatic heterocycles. The van der Waals surface area contributed by atoms with Crippen molar-refractivity contribution in [2.45, 2.75) is 5.92 Å². The zero-order valence-corrected chi connectivity index (χ0v) is 14.8. The summed E-state index contributed by atoms with van der Waals surface area (Å²) in [6.07, 6.45) is 4.71. The Balaban J connectivity index is 1.46. The maximum Gasteiger partial charge on any atom is 0.257 e. The lowest BCUT2D eigenvalue weighted by Crippen LogP contribution is -2.48. The van der Waals surface area contributed by atoms with E-state index in [4.69, 9.17) is 14.0 Å². The molecule has 0 radical (unpaired) electrons. The number of para-hydroxylation sites is 1. The smallest absolute Gasteiger partial charge is 0.257 e. The average molecular weight is 367 g/mol. The van der Waals surface area contributed by atoms with Crippen LogP contribution in [0.5, 0.6) is 11.5 Å². The predicted octanol–water partition coefficient (Wildman–Crippen LogP) is 1.78. The summed E-state index contributed by atoms with van der Waals surface area (Å²) < 4.78 is 15.9. The van der Waals surface area contributed by atoms with Crippen molar-refractivity contribution in [3.8, 4) is 23.0 Å². The van der Waals surface area contributed by atoms with Crippen LogP contribution in [0.2, 0.25) is 0 Å². The number of methoxy groups -OCH3 is 2. The number of carbonyl (C=O) groups excluding carboxylic acids is 1. The third-order valence-electron chi connectivity index (χ3n) is 4.39. The quantitative estimate of drug-likeness (QED) is 0.672. The van der Waals surface area contributed by atoms with Gasteiger partial charge in [-0.2, -0.15) is 4.98 Å². The van der Waals surface area contributed by atoms with Crippen molar-refractivity contribution in [3.05, 3.63) is 48.2 Å². The first kappa shape index (κ1) is 17.0. The fraction of sp³-hybridized carbons (Fsp3) is 0.278. The third-order valence-corrected chi connectivity index (χ3v) is 4.39. The minimum absolute atomic E-state index is 0.0107. The van der Waals surface area contributed by atoms with Crippen LogP contribution in [-0.4, -0.2) is 58.2 Å². The van der Waals surface area contributed by atoms with Gasteiger partial charge in [-0.05, 0) is 12.1 Å². The second-order valence-electron chi connectivity index (χ2n) is 6.00. The van der Waals surface area contributed by atoms with Crippen LogP contribution in [0.15, 0.2) is 41.3 Å². The van der Waals surface area contributed by atoms with Crippen molar-refractivity contribution in [1.82, 2.24) is 25.0 Å². The van der Waals surface area contributed by atoms with E-state index >= 15 is 0 Å². The fourth-order valence-electron chi connectivity index (χ4n) is 2.95. The average Bonchev–Trinajstić information content (AvgIpc) is 3.16. The maximum atomic E-state index is 12.8. The van der Waals surface area contributed by atoms with Gasteiger partial charge in [0.05, 0.1) is 31.9 Å². The topological polar surface area (TPSA) is 103 Å². The highest BCUT2D eigenvalue weighted by Gasteiger charge is 2.37. The molecule has 0 bridgehead atoms. The van der Waals surface area contributed by atoms with Crippen LogP contribution in [-0.2, 0) is 0 Å². The molecule has 3 aromatic rings. The lowest BCUT2D eigenvalue weighted by molar-refractivity contribution is 0.0565. The number of carbonyl (C=O) groups is 1. The van der Waals surface area contributed by atoms with Gasteiger partial charge < -0.3 is 18.9 Å². The highest BCUT2D eigenvalue weighted by Crippen LogP contribution is 2.34. The van der Waals surface area contributed by atoms with E-state index in [1.165, 1.54) is 14.2 Å². The van der Waals surface area contributed by atoms with Crippen molar-refractivity contribution < 1.29 is 18.8 Å². The minimum Gasteiger partial charge on any atom is -0.493 e. The summed E-state index contributed by atoms with van der Waals surface area (Å²) in [5.41, 5.74) is 1.00. The standard InChI is InChI=1S/C18H17N5O4/c1-25-14-5-3-4-12(15(14)26-2)18(24)23-9-11(10-23)17-21-16(22-27-17)13-8-19-6-7-20-13/h3-8,11H,9-10H2,1-2H3. The number of hydrogen-bond donors (Lipinski definition) is 0. The van der Waals surface area contributed by atoms with Crippen molar-refractivity contribution in [2.24, 2.45) is 0 Å². The molecule has 0 N–H and O–H groups in total. The van der Waals surface area contributed by atoms with Gasteiger partial charge >= 0.3 is 0 Å². The van der Waals surface area contributed by atoms with Crippen molar-refractivity contribution in [1.29, 1.82) is 0 Å². The zero-order valence-electron chi connectivity index (χ0n) is 14.8. The molecule has 1 amide bonds. The fourth-order valence-corrected chi connectivity index (χ4v) is 2.95. The second kappa shape index (κ2) is 7.02. The Morgan fingerprint density at radius 3 is 2.78 bits per heavy atom. The van der Waals surface area contributed by atoms with Crippen molar-refractivity contribution in [3.63, 3.8) is 0 Å². The van der Waals surface area contributed by atoms with Gasteiger partial charge in [-0.15, -0.1) is 0 Å². The van der Waals surface area contributed by atoms with Gasteiger partial charge in [0.15, 0.2) is 11.5 Å². The number of rotatable bonds is 5. The SMILES string of the molecule is COc1cccc(C(=O)N2CC(c3nc(-c4cnccn4)no3)C2)c1OC. The van der Waals surface area contributed by atoms with E-state index in [-0.39, 0.29) is 11.8 Å². The van der Waals surface area contributed by atoms with Crippen LogP contribution in [0.25, 0.3) is 11.5 Å². The predicted molar refractivity (Wildman–Crippen MR) is 93.5 cm³/mol. The summed E-state index contributed by atoms with van der Waals surface area (Å²) >= 11 is 0. The van der Waals surface area contributed by atoms with Crippen LogP contribution >= 0.6 is 0 Å². The summed E-state index contributed by atoms with van der Waals surface area (Å²) in [5.74, 6) is 1.68. The monoisotopic (exact) mass is 367 g/mol. The lowest BCUT2D eigenvalue weighted by atomic mass is 9.98. The molecular formula is C18H17N5O4. The number of likely N-dealkylation sites (tertiary alicyclic amines) is 1. The van der Waals surface area contributed by atoms with E-state index in [0.717, 1.165) is 0 Å². The Kier molecular flexibility index (Phi) is 4.41. The van der Waals surface area contributed by atoms with E-state index in [1.807, 2.05) is 0 Å². The van der Waals surface area contributed by atoms with Crippen LogP contribution < -0.4 is 9.47 Å². The Hall–Kier alpha value is -3.49. The van der Waals surface area contributed by atoms with E-state index in [9.17, 15) is 4.79 Å². The van der Waals surface area contributed by atoms with E-state index < -0.39 is 0 Å². The molecule has 0 atom stereocenters. The molecule has 1 aliphatic rings. The Morgan fingerprint density at radius 2 is 2.07 bits per heavy atom. The summed E-state index contributed by atoms with van der Waals surface area (Å²) in [7, 11) is 3.05. The zero-order chi connectivity index (χ0) is 18.8. The van der Waals surface area contributed by atoms with Gasteiger partial charge in [-0.25, -0.2) is 4.98 Å². The van der Waals surface area contributed by atoms with Crippen LogP contribution in [0.3, 0.4) is 0 Å². The van der Waals surface area contributed by atoms with Crippen LogP contribution in [0, 0.1) is 0 Å². The molecular weight excluding hydrogens is 350 g/mol. The highest BCUT2D eigenvalue weighted by atomic mass is 16.5. The molecule has 0 saturated carbocycles. The molecule has 0 spiro atoms. The van der Waals surface area contributed by atoms with E-state index in [0.29, 0.717) is 47.6 Å². The number of aromatic nitrogens is 4. The van der Waals surface area contributed by atoms with E-state index in [1.54, 1.807) is 41.7 Å². The van der Waals surface area contributed by atoms with Crippen LogP contribution in [0.1, 0.15) is 22.2 Å². The summed E-state index contributed by atoms with van der Waals surface area (Å²) in [6, 6.07) is 5.23. The number of benzene rings is 1. The van der Waals surface area contributed by atoms with Gasteiger partial charge in [-0.1, -0.05) is 11.2 Å². The highest BCUT2D eigenvalue weighted by molar-refractivity contribution is 5.98. The first-order chi connectivity index (χ1) is 13.2. The van der Waals surface area contributed by atoms with Gasteiger partial charge in [0.2, 0.25) is 11.7 Å². The van der Waals surface area contributed by atoms with Gasteiger partial charge in [-0.3, -0.25) is 9.78 Å². The molecule has 138 valence electrons. The number of amides is 1. The first-order valence-corrected chi connectivity index (χ1v) is 8.31. The van der Waals surface area contributed by atoms with E-state index in [2.05, 4.69) is 20.1 Å².